The first-order valence-electron chi connectivity index (χ1n) is 6.02. The topological polar surface area (TPSA) is 60.9 Å². The van der Waals surface area contributed by atoms with E-state index in [1.165, 1.54) is 6.07 Å². The highest BCUT2D eigenvalue weighted by Gasteiger charge is 2.03. The number of hydrogen-bond acceptors (Lipinski definition) is 3. The number of nitrogens with zero attached hydrogens (tertiary/aromatic N) is 2. The number of hydrogen-bond donors (Lipinski definition) is 1. The van der Waals surface area contributed by atoms with Crippen molar-refractivity contribution in [3.63, 3.8) is 0 Å². The molecule has 19 heavy (non-hydrogen) atoms. The van der Waals surface area contributed by atoms with Gasteiger partial charge in [0.2, 0.25) is 0 Å². The second-order valence-electron chi connectivity index (χ2n) is 4.42. The smallest absolute Gasteiger partial charge is 0.250 e. The van der Waals surface area contributed by atoms with Gasteiger partial charge in [-0.25, -0.2) is 0 Å². The average molecular weight is 251 g/mol. The van der Waals surface area contributed by atoms with Crippen LogP contribution < -0.4 is 11.3 Å². The molecule has 0 bridgehead atoms. The maximum atomic E-state index is 11.8. The summed E-state index contributed by atoms with van der Waals surface area (Å²) in [6.45, 7) is 0.493. The third-order valence-electron chi connectivity index (χ3n) is 3.09. The predicted molar refractivity (Wildman–Crippen MR) is 76.0 cm³/mol. The molecule has 0 aliphatic carbocycles. The molecule has 0 spiro atoms. The zero-order valence-corrected chi connectivity index (χ0v) is 10.3. The zero-order chi connectivity index (χ0) is 13.2. The lowest BCUT2D eigenvalue weighted by molar-refractivity contribution is 0.765. The Morgan fingerprint density at radius 3 is 2.84 bits per heavy atom. The van der Waals surface area contributed by atoms with Crippen LogP contribution in [0.5, 0.6) is 0 Å². The highest BCUT2D eigenvalue weighted by molar-refractivity contribution is 5.81. The van der Waals surface area contributed by atoms with Gasteiger partial charge in [-0.15, -0.1) is 0 Å². The molecule has 0 aliphatic heterocycles. The first kappa shape index (κ1) is 11.5. The number of nitrogens with two attached hydrogens (primary N) is 1. The molecule has 1 aromatic carbocycles. The standard InChI is InChI=1S/C15H13N3O/c16-12-5-6-15(19)18(10-12)9-11-7-8-17-14-4-2-1-3-13(11)14/h1-8,10H,9,16H2. The fourth-order valence-corrected chi connectivity index (χ4v) is 2.15. The molecule has 0 amide bonds. The Bertz CT molecular complexity index is 787. The third-order valence-corrected chi connectivity index (χ3v) is 3.09. The van der Waals surface area contributed by atoms with Crippen molar-refractivity contribution in [2.24, 2.45) is 0 Å². The fourth-order valence-electron chi connectivity index (χ4n) is 2.15. The van der Waals surface area contributed by atoms with Crippen molar-refractivity contribution < 1.29 is 0 Å². The van der Waals surface area contributed by atoms with Crippen molar-refractivity contribution in [1.82, 2.24) is 9.55 Å². The number of benzene rings is 1. The Kier molecular flexibility index (Phi) is 2.76. The number of rotatable bonds is 2. The molecule has 3 rings (SSSR count). The summed E-state index contributed by atoms with van der Waals surface area (Å²) in [5, 5.41) is 1.05. The van der Waals surface area contributed by atoms with Gasteiger partial charge in [0, 0.05) is 29.5 Å². The SMILES string of the molecule is Nc1ccc(=O)n(Cc2ccnc3ccccc23)c1. The van der Waals surface area contributed by atoms with Crippen LogP contribution in [0.1, 0.15) is 5.56 Å². The molecule has 4 nitrogen and oxygen atoms in total. The van der Waals surface area contributed by atoms with Gasteiger partial charge < -0.3 is 10.3 Å². The van der Waals surface area contributed by atoms with Crippen molar-refractivity contribution >= 4 is 16.6 Å². The van der Waals surface area contributed by atoms with E-state index in [9.17, 15) is 4.79 Å². The van der Waals surface area contributed by atoms with Crippen molar-refractivity contribution in [2.75, 3.05) is 5.73 Å². The van der Waals surface area contributed by atoms with E-state index in [1.807, 2.05) is 30.3 Å². The lowest BCUT2D eigenvalue weighted by Crippen LogP contribution is -2.19. The Balaban J connectivity index is 2.11. The van der Waals surface area contributed by atoms with Gasteiger partial charge in [-0.05, 0) is 23.8 Å². The summed E-state index contributed by atoms with van der Waals surface area (Å²) in [7, 11) is 0. The molecule has 0 atom stereocenters. The van der Waals surface area contributed by atoms with Crippen LogP contribution in [-0.4, -0.2) is 9.55 Å². The molecule has 4 heteroatoms. The first-order chi connectivity index (χ1) is 9.24. The molecule has 0 unspecified atom stereocenters. The molecule has 2 N–H and O–H groups in total. The highest BCUT2D eigenvalue weighted by atomic mass is 16.1. The molecule has 0 radical (unpaired) electrons. The summed E-state index contributed by atoms with van der Waals surface area (Å²) >= 11 is 0. The number of anilines is 1. The van der Waals surface area contributed by atoms with E-state index in [0.717, 1.165) is 16.5 Å². The molecule has 2 heterocycles. The molecule has 0 saturated heterocycles. The van der Waals surface area contributed by atoms with Crippen LogP contribution in [0.2, 0.25) is 0 Å². The second kappa shape index (κ2) is 4.57. The number of para-hydroxylation sites is 1. The van der Waals surface area contributed by atoms with Crippen LogP contribution in [-0.2, 0) is 6.54 Å². The Morgan fingerprint density at radius 1 is 1.11 bits per heavy atom. The summed E-state index contributed by atoms with van der Waals surface area (Å²) in [4.78, 5) is 16.1. The van der Waals surface area contributed by atoms with Gasteiger partial charge in [0.25, 0.3) is 5.56 Å². The van der Waals surface area contributed by atoms with E-state index in [1.54, 1.807) is 23.0 Å². The molecular formula is C15H13N3O. The van der Waals surface area contributed by atoms with Crippen LogP contribution in [0.15, 0.2) is 59.7 Å². The molecule has 3 aromatic rings. The number of nitrogen functional groups attached to an aromatic ring is 1. The van der Waals surface area contributed by atoms with E-state index in [0.29, 0.717) is 12.2 Å². The second-order valence-corrected chi connectivity index (χ2v) is 4.42. The fraction of sp³-hybridized carbons (Fsp3) is 0.0667. The summed E-state index contributed by atoms with van der Waals surface area (Å²) in [5.41, 5.74) is 8.22. The summed E-state index contributed by atoms with van der Waals surface area (Å²) in [6.07, 6.45) is 3.42. The minimum Gasteiger partial charge on any atom is -0.398 e. The Labute approximate surface area is 110 Å². The third kappa shape index (κ3) is 2.20. The molecule has 0 fully saturated rings. The van der Waals surface area contributed by atoms with Crippen molar-refractivity contribution in [3.05, 3.63) is 70.8 Å². The summed E-state index contributed by atoms with van der Waals surface area (Å²) in [6, 6.07) is 12.9. The van der Waals surface area contributed by atoms with Crippen LogP contribution in [0, 0.1) is 0 Å². The van der Waals surface area contributed by atoms with Crippen molar-refractivity contribution in [3.8, 4) is 0 Å². The van der Waals surface area contributed by atoms with Crippen LogP contribution in [0.25, 0.3) is 10.9 Å². The minimum absolute atomic E-state index is 0.0601. The first-order valence-corrected chi connectivity index (χ1v) is 6.02. The lowest BCUT2D eigenvalue weighted by atomic mass is 10.1. The van der Waals surface area contributed by atoms with Crippen LogP contribution in [0.3, 0.4) is 0 Å². The molecule has 2 aromatic heterocycles. The molecule has 0 aliphatic rings. The minimum atomic E-state index is -0.0601. The van der Waals surface area contributed by atoms with Crippen molar-refractivity contribution in [1.29, 1.82) is 0 Å². The van der Waals surface area contributed by atoms with Gasteiger partial charge in [0.15, 0.2) is 0 Å². The van der Waals surface area contributed by atoms with Gasteiger partial charge in [0.1, 0.15) is 0 Å². The Hall–Kier alpha value is -2.62. The lowest BCUT2D eigenvalue weighted by Gasteiger charge is -2.09. The van der Waals surface area contributed by atoms with E-state index in [-0.39, 0.29) is 5.56 Å². The van der Waals surface area contributed by atoms with E-state index < -0.39 is 0 Å². The van der Waals surface area contributed by atoms with Crippen LogP contribution in [0.4, 0.5) is 5.69 Å². The molecule has 94 valence electrons. The summed E-state index contributed by atoms with van der Waals surface area (Å²) < 4.78 is 1.61. The van der Waals surface area contributed by atoms with Crippen LogP contribution >= 0.6 is 0 Å². The van der Waals surface area contributed by atoms with E-state index in [2.05, 4.69) is 4.98 Å². The predicted octanol–water partition coefficient (Wildman–Crippen LogP) is 2.03. The summed E-state index contributed by atoms with van der Waals surface area (Å²) in [5.74, 6) is 0. The normalized spacial score (nSPS) is 10.7. The van der Waals surface area contributed by atoms with Gasteiger partial charge >= 0.3 is 0 Å². The largest absolute Gasteiger partial charge is 0.398 e. The van der Waals surface area contributed by atoms with Gasteiger partial charge in [-0.2, -0.15) is 0 Å². The zero-order valence-electron chi connectivity index (χ0n) is 10.3. The van der Waals surface area contributed by atoms with E-state index in [4.69, 9.17) is 5.73 Å². The maximum Gasteiger partial charge on any atom is 0.250 e. The Morgan fingerprint density at radius 2 is 1.95 bits per heavy atom. The number of aromatic nitrogens is 2. The monoisotopic (exact) mass is 251 g/mol. The van der Waals surface area contributed by atoms with Gasteiger partial charge in [-0.1, -0.05) is 18.2 Å². The number of pyridine rings is 2. The van der Waals surface area contributed by atoms with Gasteiger partial charge in [0.05, 0.1) is 12.1 Å². The molecule has 0 saturated carbocycles. The van der Waals surface area contributed by atoms with Crippen molar-refractivity contribution in [2.45, 2.75) is 6.54 Å². The van der Waals surface area contributed by atoms with Gasteiger partial charge in [-0.3, -0.25) is 9.78 Å². The average Bonchev–Trinajstić information content (AvgIpc) is 2.43. The maximum absolute atomic E-state index is 11.8. The number of fused-ring (bicyclic) bond motifs is 1. The highest BCUT2D eigenvalue weighted by Crippen LogP contribution is 2.16. The van der Waals surface area contributed by atoms with E-state index >= 15 is 0 Å². The quantitative estimate of drug-likeness (QED) is 0.758. The molecular weight excluding hydrogens is 238 g/mol.